The molecule has 4 heteroatoms. The third kappa shape index (κ3) is 1.75. The molecule has 0 spiro atoms. The average Bonchev–Trinajstić information content (AvgIpc) is 2.91. The molecule has 0 aromatic heterocycles. The van der Waals surface area contributed by atoms with Crippen LogP contribution in [0.2, 0.25) is 10.0 Å². The van der Waals surface area contributed by atoms with E-state index in [2.05, 4.69) is 0 Å². The molecule has 1 N–H and O–H groups in total. The number of ether oxygens (including phenoxy) is 1. The van der Waals surface area contributed by atoms with Gasteiger partial charge in [-0.1, -0.05) is 29.3 Å². The van der Waals surface area contributed by atoms with Gasteiger partial charge in [-0.25, -0.2) is 0 Å². The lowest BCUT2D eigenvalue weighted by Gasteiger charge is -2.11. The van der Waals surface area contributed by atoms with E-state index in [4.69, 9.17) is 33.0 Å². The van der Waals surface area contributed by atoms with Gasteiger partial charge in [0.2, 0.25) is 0 Å². The standard InChI is InChI=1S/C10H10Cl2O2/c11-8-2-1-7(5-9(8)12)10(3-4-13)6-14-10/h1-2,5,13H,3-4,6H2. The first-order chi connectivity index (χ1) is 6.68. The lowest BCUT2D eigenvalue weighted by atomic mass is 9.97. The molecule has 1 aliphatic heterocycles. The largest absolute Gasteiger partial charge is 0.396 e. The number of epoxide rings is 1. The molecule has 2 nitrogen and oxygen atoms in total. The van der Waals surface area contributed by atoms with Crippen LogP contribution in [0.3, 0.4) is 0 Å². The quantitative estimate of drug-likeness (QED) is 0.814. The van der Waals surface area contributed by atoms with Crippen LogP contribution in [0.1, 0.15) is 12.0 Å². The van der Waals surface area contributed by atoms with Gasteiger partial charge in [0, 0.05) is 13.0 Å². The summed E-state index contributed by atoms with van der Waals surface area (Å²) in [5, 5.41) is 9.95. The Morgan fingerprint density at radius 3 is 2.57 bits per heavy atom. The maximum Gasteiger partial charge on any atom is 0.119 e. The Morgan fingerprint density at radius 2 is 2.07 bits per heavy atom. The maximum absolute atomic E-state index is 8.89. The second-order valence-corrected chi connectivity index (χ2v) is 4.20. The van der Waals surface area contributed by atoms with Gasteiger partial charge in [-0.15, -0.1) is 0 Å². The van der Waals surface area contributed by atoms with Gasteiger partial charge in [-0.2, -0.15) is 0 Å². The van der Waals surface area contributed by atoms with Crippen molar-refractivity contribution in [1.29, 1.82) is 0 Å². The van der Waals surface area contributed by atoms with Gasteiger partial charge >= 0.3 is 0 Å². The van der Waals surface area contributed by atoms with Crippen molar-refractivity contribution in [2.75, 3.05) is 13.2 Å². The highest BCUT2D eigenvalue weighted by Gasteiger charge is 2.45. The zero-order valence-electron chi connectivity index (χ0n) is 7.46. The van der Waals surface area contributed by atoms with E-state index in [1.165, 1.54) is 0 Å². The molecule has 0 radical (unpaired) electrons. The van der Waals surface area contributed by atoms with Crippen molar-refractivity contribution in [1.82, 2.24) is 0 Å². The van der Waals surface area contributed by atoms with Crippen molar-refractivity contribution in [3.8, 4) is 0 Å². The smallest absolute Gasteiger partial charge is 0.119 e. The summed E-state index contributed by atoms with van der Waals surface area (Å²) in [7, 11) is 0. The summed E-state index contributed by atoms with van der Waals surface area (Å²) in [5.74, 6) is 0. The van der Waals surface area contributed by atoms with Crippen LogP contribution in [-0.4, -0.2) is 18.3 Å². The Kier molecular flexibility index (Phi) is 2.71. The molecule has 1 fully saturated rings. The minimum absolute atomic E-state index is 0.111. The maximum atomic E-state index is 8.89. The first kappa shape index (κ1) is 10.2. The molecule has 1 saturated heterocycles. The van der Waals surface area contributed by atoms with E-state index in [-0.39, 0.29) is 12.2 Å². The summed E-state index contributed by atoms with van der Waals surface area (Å²) < 4.78 is 5.36. The van der Waals surface area contributed by atoms with Crippen molar-refractivity contribution < 1.29 is 9.84 Å². The molecule has 0 amide bonds. The van der Waals surface area contributed by atoms with Crippen LogP contribution >= 0.6 is 23.2 Å². The third-order valence-electron chi connectivity index (χ3n) is 2.45. The van der Waals surface area contributed by atoms with Crippen LogP contribution in [0.15, 0.2) is 18.2 Å². The highest BCUT2D eigenvalue weighted by Crippen LogP contribution is 2.43. The van der Waals surface area contributed by atoms with Crippen molar-refractivity contribution in [3.63, 3.8) is 0 Å². The minimum Gasteiger partial charge on any atom is -0.396 e. The lowest BCUT2D eigenvalue weighted by Crippen LogP contribution is -2.10. The number of hydrogen-bond donors (Lipinski definition) is 1. The fraction of sp³-hybridized carbons (Fsp3) is 0.400. The van der Waals surface area contributed by atoms with Gasteiger partial charge in [0.1, 0.15) is 5.60 Å². The van der Waals surface area contributed by atoms with Crippen molar-refractivity contribution in [2.45, 2.75) is 12.0 Å². The number of halogens is 2. The fourth-order valence-electron chi connectivity index (χ4n) is 1.50. The Balaban J connectivity index is 2.28. The van der Waals surface area contributed by atoms with Gasteiger partial charge in [-0.05, 0) is 17.7 Å². The molecule has 1 aromatic carbocycles. The van der Waals surface area contributed by atoms with E-state index in [0.717, 1.165) is 5.56 Å². The number of aliphatic hydroxyl groups excluding tert-OH is 1. The molecule has 2 rings (SSSR count). The van der Waals surface area contributed by atoms with E-state index in [9.17, 15) is 0 Å². The Bertz CT molecular complexity index is 348. The zero-order chi connectivity index (χ0) is 10.2. The van der Waals surface area contributed by atoms with Gasteiger partial charge in [0.05, 0.1) is 16.7 Å². The zero-order valence-corrected chi connectivity index (χ0v) is 8.98. The predicted octanol–water partition coefficient (Wildman–Crippen LogP) is 2.60. The molecule has 14 heavy (non-hydrogen) atoms. The van der Waals surface area contributed by atoms with Crippen molar-refractivity contribution in [3.05, 3.63) is 33.8 Å². The Hall–Kier alpha value is -0.280. The van der Waals surface area contributed by atoms with Crippen LogP contribution in [0, 0.1) is 0 Å². The second kappa shape index (κ2) is 3.70. The normalized spacial score (nSPS) is 25.1. The summed E-state index contributed by atoms with van der Waals surface area (Å²) in [6.45, 7) is 0.756. The highest BCUT2D eigenvalue weighted by atomic mass is 35.5. The summed E-state index contributed by atoms with van der Waals surface area (Å²) in [4.78, 5) is 0. The number of aliphatic hydroxyl groups is 1. The van der Waals surface area contributed by atoms with Crippen molar-refractivity contribution in [2.24, 2.45) is 0 Å². The molecule has 0 saturated carbocycles. The molecule has 1 aliphatic rings. The van der Waals surface area contributed by atoms with Gasteiger partial charge in [0.15, 0.2) is 0 Å². The van der Waals surface area contributed by atoms with Crippen LogP contribution in [-0.2, 0) is 10.3 Å². The van der Waals surface area contributed by atoms with Gasteiger partial charge in [-0.3, -0.25) is 0 Å². The van der Waals surface area contributed by atoms with Crippen molar-refractivity contribution >= 4 is 23.2 Å². The molecule has 1 aromatic rings. The summed E-state index contributed by atoms with van der Waals surface area (Å²) in [6.07, 6.45) is 0.602. The number of rotatable bonds is 3. The molecule has 76 valence electrons. The SMILES string of the molecule is OCCC1(c2ccc(Cl)c(Cl)c2)CO1. The van der Waals surface area contributed by atoms with E-state index < -0.39 is 0 Å². The van der Waals surface area contributed by atoms with Crippen LogP contribution in [0.4, 0.5) is 0 Å². The minimum atomic E-state index is -0.316. The molecule has 1 heterocycles. The predicted molar refractivity (Wildman–Crippen MR) is 55.8 cm³/mol. The van der Waals surface area contributed by atoms with E-state index in [1.54, 1.807) is 12.1 Å². The monoisotopic (exact) mass is 232 g/mol. The van der Waals surface area contributed by atoms with Crippen LogP contribution in [0.25, 0.3) is 0 Å². The molecular weight excluding hydrogens is 223 g/mol. The average molecular weight is 233 g/mol. The van der Waals surface area contributed by atoms with E-state index in [1.807, 2.05) is 6.07 Å². The molecule has 1 unspecified atom stereocenters. The Morgan fingerprint density at radius 1 is 1.36 bits per heavy atom. The number of hydrogen-bond acceptors (Lipinski definition) is 2. The second-order valence-electron chi connectivity index (χ2n) is 3.39. The van der Waals surface area contributed by atoms with Crippen LogP contribution < -0.4 is 0 Å². The van der Waals surface area contributed by atoms with Crippen LogP contribution in [0.5, 0.6) is 0 Å². The third-order valence-corrected chi connectivity index (χ3v) is 3.19. The highest BCUT2D eigenvalue weighted by molar-refractivity contribution is 6.42. The van der Waals surface area contributed by atoms with E-state index in [0.29, 0.717) is 23.1 Å². The topological polar surface area (TPSA) is 32.8 Å². The summed E-state index contributed by atoms with van der Waals surface area (Å²) >= 11 is 11.7. The summed E-state index contributed by atoms with van der Waals surface area (Å²) in [5.41, 5.74) is 0.671. The molecule has 0 aliphatic carbocycles. The number of benzene rings is 1. The summed E-state index contributed by atoms with van der Waals surface area (Å²) in [6, 6.07) is 5.43. The fourth-order valence-corrected chi connectivity index (χ4v) is 1.80. The molecule has 1 atom stereocenters. The van der Waals surface area contributed by atoms with Gasteiger partial charge in [0.25, 0.3) is 0 Å². The molecule has 0 bridgehead atoms. The first-order valence-corrected chi connectivity index (χ1v) is 5.14. The molecular formula is C10H10Cl2O2. The lowest BCUT2D eigenvalue weighted by molar-refractivity contribution is 0.214. The first-order valence-electron chi connectivity index (χ1n) is 4.38. The van der Waals surface area contributed by atoms with Gasteiger partial charge < -0.3 is 9.84 Å². The Labute approximate surface area is 92.4 Å². The van der Waals surface area contributed by atoms with E-state index >= 15 is 0 Å².